The van der Waals surface area contributed by atoms with Gasteiger partial charge in [-0.2, -0.15) is 0 Å². The fourth-order valence-electron chi connectivity index (χ4n) is 1.29. The molecule has 1 rings (SSSR count). The first-order chi connectivity index (χ1) is 7.09. The Morgan fingerprint density at radius 2 is 1.93 bits per heavy atom. The molecule has 0 aliphatic carbocycles. The summed E-state index contributed by atoms with van der Waals surface area (Å²) in [7, 11) is 0. The molecule has 2 nitrogen and oxygen atoms in total. The summed E-state index contributed by atoms with van der Waals surface area (Å²) < 4.78 is 0. The van der Waals surface area contributed by atoms with Crippen molar-refractivity contribution in [2.75, 3.05) is 0 Å². The lowest BCUT2D eigenvalue weighted by atomic mass is 10.0. The molecule has 15 heavy (non-hydrogen) atoms. The Bertz CT molecular complexity index is 347. The highest BCUT2D eigenvalue weighted by Gasteiger charge is 1.97. The van der Waals surface area contributed by atoms with Crippen LogP contribution in [-0.4, -0.2) is 11.1 Å². The minimum Gasteiger partial charge on any atom is -0.481 e. The minimum absolute atomic E-state index is 0.0753. The van der Waals surface area contributed by atoms with Gasteiger partial charge in [0.1, 0.15) is 0 Å². The first-order valence-corrected chi connectivity index (χ1v) is 5.08. The zero-order valence-corrected chi connectivity index (χ0v) is 9.10. The lowest BCUT2D eigenvalue weighted by Crippen LogP contribution is -1.89. The van der Waals surface area contributed by atoms with E-state index in [1.54, 1.807) is 6.08 Å². The van der Waals surface area contributed by atoms with Gasteiger partial charge in [0.2, 0.25) is 0 Å². The molecule has 2 heteroatoms. The normalized spacial score (nSPS) is 11.1. The van der Waals surface area contributed by atoms with Crippen molar-refractivity contribution in [3.8, 4) is 0 Å². The fourth-order valence-corrected chi connectivity index (χ4v) is 1.29. The molecular formula is C13H16O2. The van der Waals surface area contributed by atoms with Gasteiger partial charge in [0.15, 0.2) is 0 Å². The van der Waals surface area contributed by atoms with Crippen molar-refractivity contribution in [3.05, 3.63) is 41.5 Å². The summed E-state index contributed by atoms with van der Waals surface area (Å²) in [5, 5.41) is 8.46. The largest absolute Gasteiger partial charge is 0.481 e. The van der Waals surface area contributed by atoms with Gasteiger partial charge >= 0.3 is 5.97 Å². The Balaban J connectivity index is 2.64. The number of carbonyl (C=O) groups is 1. The molecule has 0 aliphatic rings. The highest BCUT2D eigenvalue weighted by Crippen LogP contribution is 2.15. The lowest BCUT2D eigenvalue weighted by Gasteiger charge is -2.04. The number of rotatable bonds is 4. The zero-order chi connectivity index (χ0) is 11.3. The van der Waals surface area contributed by atoms with E-state index in [1.165, 1.54) is 5.56 Å². The molecule has 1 N–H and O–H groups in total. The maximum atomic E-state index is 10.3. The Kier molecular flexibility index (Phi) is 4.10. The Labute approximate surface area is 90.3 Å². The van der Waals surface area contributed by atoms with Crippen LogP contribution >= 0.6 is 0 Å². The highest BCUT2D eigenvalue weighted by atomic mass is 16.4. The van der Waals surface area contributed by atoms with Gasteiger partial charge in [0, 0.05) is 0 Å². The van der Waals surface area contributed by atoms with Crippen molar-refractivity contribution >= 4 is 12.0 Å². The van der Waals surface area contributed by atoms with Gasteiger partial charge in [-0.3, -0.25) is 4.79 Å². The number of carboxylic acid groups (broad SMARTS) is 1. The second-order valence-corrected chi connectivity index (χ2v) is 3.82. The quantitative estimate of drug-likeness (QED) is 0.817. The van der Waals surface area contributed by atoms with E-state index < -0.39 is 5.97 Å². The van der Waals surface area contributed by atoms with Crippen LogP contribution in [0, 0.1) is 0 Å². The van der Waals surface area contributed by atoms with Crippen molar-refractivity contribution in [3.63, 3.8) is 0 Å². The van der Waals surface area contributed by atoms with Crippen molar-refractivity contribution in [2.24, 2.45) is 0 Å². The molecule has 0 amide bonds. The lowest BCUT2D eigenvalue weighted by molar-refractivity contribution is -0.135. The van der Waals surface area contributed by atoms with Crippen LogP contribution in [0.15, 0.2) is 30.3 Å². The van der Waals surface area contributed by atoms with Crippen molar-refractivity contribution < 1.29 is 9.90 Å². The van der Waals surface area contributed by atoms with Crippen LogP contribution in [-0.2, 0) is 4.79 Å². The maximum absolute atomic E-state index is 10.3. The summed E-state index contributed by atoms with van der Waals surface area (Å²) in [4.78, 5) is 10.3. The monoisotopic (exact) mass is 204 g/mol. The molecule has 0 aromatic heterocycles. The Hall–Kier alpha value is -1.57. The van der Waals surface area contributed by atoms with Crippen LogP contribution in [0.5, 0.6) is 0 Å². The van der Waals surface area contributed by atoms with Gasteiger partial charge in [-0.1, -0.05) is 50.3 Å². The van der Waals surface area contributed by atoms with Crippen molar-refractivity contribution in [2.45, 2.75) is 26.2 Å². The molecule has 0 unspecified atom stereocenters. The summed E-state index contributed by atoms with van der Waals surface area (Å²) in [6.45, 7) is 4.30. The number of hydrogen-bond acceptors (Lipinski definition) is 1. The summed E-state index contributed by atoms with van der Waals surface area (Å²) in [6, 6.07) is 8.16. The topological polar surface area (TPSA) is 37.3 Å². The third-order valence-corrected chi connectivity index (χ3v) is 2.21. The average Bonchev–Trinajstić information content (AvgIpc) is 2.18. The average molecular weight is 204 g/mol. The van der Waals surface area contributed by atoms with Gasteiger partial charge in [-0.15, -0.1) is 0 Å². The van der Waals surface area contributed by atoms with Gasteiger partial charge in [0.05, 0.1) is 6.42 Å². The number of carboxylic acids is 1. The van der Waals surface area contributed by atoms with E-state index in [2.05, 4.69) is 26.0 Å². The van der Waals surface area contributed by atoms with E-state index in [0.29, 0.717) is 5.92 Å². The van der Waals surface area contributed by atoms with E-state index in [4.69, 9.17) is 5.11 Å². The number of benzene rings is 1. The van der Waals surface area contributed by atoms with E-state index in [9.17, 15) is 4.79 Å². The second kappa shape index (κ2) is 5.35. The predicted octanol–water partition coefficient (Wildman–Crippen LogP) is 3.30. The molecule has 0 fully saturated rings. The van der Waals surface area contributed by atoms with Crippen LogP contribution in [0.3, 0.4) is 0 Å². The summed E-state index contributed by atoms with van der Waals surface area (Å²) in [5.74, 6) is -0.271. The Morgan fingerprint density at radius 3 is 2.40 bits per heavy atom. The van der Waals surface area contributed by atoms with E-state index in [-0.39, 0.29) is 6.42 Å². The maximum Gasteiger partial charge on any atom is 0.307 e. The summed E-state index contributed by atoms with van der Waals surface area (Å²) >= 11 is 0. The van der Waals surface area contributed by atoms with Gasteiger partial charge < -0.3 is 5.11 Å². The van der Waals surface area contributed by atoms with Crippen LogP contribution in [0.2, 0.25) is 0 Å². The predicted molar refractivity (Wildman–Crippen MR) is 61.8 cm³/mol. The third kappa shape index (κ3) is 3.98. The van der Waals surface area contributed by atoms with E-state index in [0.717, 1.165) is 5.56 Å². The van der Waals surface area contributed by atoms with Crippen LogP contribution < -0.4 is 0 Å². The van der Waals surface area contributed by atoms with Gasteiger partial charge in [0.25, 0.3) is 0 Å². The molecule has 0 aliphatic heterocycles. The first kappa shape index (κ1) is 11.5. The van der Waals surface area contributed by atoms with E-state index in [1.807, 2.05) is 18.2 Å². The second-order valence-electron chi connectivity index (χ2n) is 3.82. The van der Waals surface area contributed by atoms with E-state index >= 15 is 0 Å². The molecule has 0 atom stereocenters. The summed E-state index contributed by atoms with van der Waals surface area (Å²) in [5.41, 5.74) is 2.34. The van der Waals surface area contributed by atoms with Gasteiger partial charge in [-0.25, -0.2) is 0 Å². The fraction of sp³-hybridized carbons (Fsp3) is 0.308. The highest BCUT2D eigenvalue weighted by molar-refractivity contribution is 5.70. The molecule has 0 saturated carbocycles. The smallest absolute Gasteiger partial charge is 0.307 e. The molecular weight excluding hydrogens is 188 g/mol. The minimum atomic E-state index is -0.801. The van der Waals surface area contributed by atoms with Crippen molar-refractivity contribution in [1.29, 1.82) is 0 Å². The molecule has 0 spiro atoms. The third-order valence-electron chi connectivity index (χ3n) is 2.21. The number of aliphatic carboxylic acids is 1. The molecule has 1 aromatic carbocycles. The van der Waals surface area contributed by atoms with Crippen molar-refractivity contribution in [1.82, 2.24) is 0 Å². The zero-order valence-electron chi connectivity index (χ0n) is 9.10. The molecule has 0 saturated heterocycles. The Morgan fingerprint density at radius 1 is 1.33 bits per heavy atom. The molecule has 80 valence electrons. The SMILES string of the molecule is CC(C)c1ccc(/C=C/CC(=O)O)cc1. The number of hydrogen-bond donors (Lipinski definition) is 1. The van der Waals surface area contributed by atoms with Crippen LogP contribution in [0.25, 0.3) is 6.08 Å². The molecule has 0 heterocycles. The molecule has 0 bridgehead atoms. The standard InChI is InChI=1S/C13H16O2/c1-10(2)12-8-6-11(7-9-12)4-3-5-13(14)15/h3-4,6-10H,5H2,1-2H3,(H,14,15)/b4-3+. The first-order valence-electron chi connectivity index (χ1n) is 5.08. The summed E-state index contributed by atoms with van der Waals surface area (Å²) in [6.07, 6.45) is 3.57. The van der Waals surface area contributed by atoms with Crippen LogP contribution in [0.1, 0.15) is 37.3 Å². The molecule has 1 aromatic rings. The van der Waals surface area contributed by atoms with Crippen LogP contribution in [0.4, 0.5) is 0 Å². The van der Waals surface area contributed by atoms with Gasteiger partial charge in [-0.05, 0) is 17.0 Å². The molecule has 0 radical (unpaired) electrons.